The molecular weight excluding hydrogens is 348 g/mol. The fraction of sp³-hybridized carbons (Fsp3) is 0.895. The van der Waals surface area contributed by atoms with Gasteiger partial charge in [-0.2, -0.15) is 0 Å². The van der Waals surface area contributed by atoms with Crippen LogP contribution in [0.15, 0.2) is 0 Å². The molecule has 8 heteroatoms. The van der Waals surface area contributed by atoms with Crippen molar-refractivity contribution in [2.45, 2.75) is 63.6 Å². The molecule has 0 unspecified atom stereocenters. The van der Waals surface area contributed by atoms with Gasteiger partial charge >= 0.3 is 5.97 Å². The Bertz CT molecular complexity index is 484. The van der Waals surface area contributed by atoms with Crippen molar-refractivity contribution >= 4 is 12.4 Å². The van der Waals surface area contributed by atoms with E-state index in [0.29, 0.717) is 6.04 Å². The quantitative estimate of drug-likeness (QED) is 0.399. The first-order chi connectivity index (χ1) is 13.1. The number of piperidine rings is 1. The lowest BCUT2D eigenvalue weighted by atomic mass is 9.91. The standard InChI is InChI=1S/C19H34N4O4/c1-17(25)26-16-27-19(7-3-2-4-8-19)23(15-24)22-13-11-21(12-14-22)18-5-9-20-10-6-18/h15,18,20H,2-14,16H2,1H3. The fourth-order valence-electron chi connectivity index (χ4n) is 4.65. The van der Waals surface area contributed by atoms with Crippen molar-refractivity contribution in [1.82, 2.24) is 20.2 Å². The average Bonchev–Trinajstić information content (AvgIpc) is 2.70. The number of piperazine rings is 1. The number of nitrogens with zero attached hydrogens (tertiary/aromatic N) is 3. The molecule has 2 aliphatic heterocycles. The highest BCUT2D eigenvalue weighted by atomic mass is 16.7. The minimum absolute atomic E-state index is 0.102. The van der Waals surface area contributed by atoms with E-state index in [1.165, 1.54) is 19.8 Å². The number of carbonyl (C=O) groups is 2. The van der Waals surface area contributed by atoms with Gasteiger partial charge in [0, 0.05) is 39.1 Å². The number of rotatable bonds is 7. The van der Waals surface area contributed by atoms with Crippen LogP contribution in [0.1, 0.15) is 51.9 Å². The summed E-state index contributed by atoms with van der Waals surface area (Å²) in [6, 6.07) is 0.655. The molecule has 3 fully saturated rings. The van der Waals surface area contributed by atoms with Crippen molar-refractivity contribution in [3.05, 3.63) is 0 Å². The lowest BCUT2D eigenvalue weighted by Crippen LogP contribution is -2.64. The van der Waals surface area contributed by atoms with E-state index < -0.39 is 5.72 Å². The molecule has 0 bridgehead atoms. The Morgan fingerprint density at radius 3 is 2.41 bits per heavy atom. The molecule has 1 amide bonds. The molecule has 1 aliphatic carbocycles. The molecule has 2 heterocycles. The molecule has 1 saturated carbocycles. The SMILES string of the molecule is CC(=O)OCOC1(N(C=O)N2CCN(C3CCNCC3)CC2)CCCCC1. The zero-order chi connectivity index (χ0) is 19.1. The number of esters is 1. The maximum Gasteiger partial charge on any atom is 0.304 e. The lowest BCUT2D eigenvalue weighted by Gasteiger charge is -2.51. The Labute approximate surface area is 162 Å². The second-order valence-corrected chi connectivity index (χ2v) is 7.83. The van der Waals surface area contributed by atoms with E-state index in [-0.39, 0.29) is 12.8 Å². The van der Waals surface area contributed by atoms with Gasteiger partial charge in [0.2, 0.25) is 6.41 Å². The van der Waals surface area contributed by atoms with Crippen molar-refractivity contribution in [3.63, 3.8) is 0 Å². The summed E-state index contributed by atoms with van der Waals surface area (Å²) < 4.78 is 11.0. The largest absolute Gasteiger partial charge is 0.439 e. The first kappa shape index (κ1) is 20.5. The van der Waals surface area contributed by atoms with Crippen molar-refractivity contribution in [1.29, 1.82) is 0 Å². The van der Waals surface area contributed by atoms with Crippen molar-refractivity contribution in [2.24, 2.45) is 0 Å². The monoisotopic (exact) mass is 382 g/mol. The number of nitrogens with one attached hydrogen (secondary N) is 1. The van der Waals surface area contributed by atoms with E-state index in [2.05, 4.69) is 15.2 Å². The van der Waals surface area contributed by atoms with Crippen LogP contribution in [-0.4, -0.2) is 85.1 Å². The molecule has 27 heavy (non-hydrogen) atoms. The highest BCUT2D eigenvalue weighted by Gasteiger charge is 2.43. The van der Waals surface area contributed by atoms with Crippen LogP contribution in [0.2, 0.25) is 0 Å². The van der Waals surface area contributed by atoms with E-state index in [4.69, 9.17) is 9.47 Å². The number of hydrogen-bond donors (Lipinski definition) is 1. The van der Waals surface area contributed by atoms with Crippen LogP contribution in [0, 0.1) is 0 Å². The molecule has 154 valence electrons. The molecule has 3 rings (SSSR count). The highest BCUT2D eigenvalue weighted by molar-refractivity contribution is 5.65. The van der Waals surface area contributed by atoms with Crippen LogP contribution in [0.3, 0.4) is 0 Å². The number of amides is 1. The van der Waals surface area contributed by atoms with Gasteiger partial charge in [-0.25, -0.2) is 10.0 Å². The van der Waals surface area contributed by atoms with Crippen LogP contribution in [0.25, 0.3) is 0 Å². The van der Waals surface area contributed by atoms with Gasteiger partial charge in [0.25, 0.3) is 0 Å². The Morgan fingerprint density at radius 2 is 1.81 bits per heavy atom. The van der Waals surface area contributed by atoms with Gasteiger partial charge in [-0.15, -0.1) is 0 Å². The third-order valence-electron chi connectivity index (χ3n) is 6.16. The molecule has 0 aromatic carbocycles. The zero-order valence-corrected chi connectivity index (χ0v) is 16.5. The third kappa shape index (κ3) is 5.19. The van der Waals surface area contributed by atoms with E-state index in [1.54, 1.807) is 5.01 Å². The molecule has 1 N–H and O–H groups in total. The third-order valence-corrected chi connectivity index (χ3v) is 6.16. The number of ether oxygens (including phenoxy) is 2. The molecule has 8 nitrogen and oxygen atoms in total. The maximum atomic E-state index is 12.1. The second-order valence-electron chi connectivity index (χ2n) is 7.83. The van der Waals surface area contributed by atoms with Crippen LogP contribution in [0.4, 0.5) is 0 Å². The van der Waals surface area contributed by atoms with E-state index in [1.807, 2.05) is 0 Å². The van der Waals surface area contributed by atoms with Gasteiger partial charge in [-0.1, -0.05) is 6.42 Å². The van der Waals surface area contributed by atoms with E-state index in [0.717, 1.165) is 77.8 Å². The number of carbonyl (C=O) groups excluding carboxylic acids is 2. The average molecular weight is 383 g/mol. The molecule has 0 aromatic rings. The molecule has 0 aromatic heterocycles. The molecule has 0 radical (unpaired) electrons. The predicted molar refractivity (Wildman–Crippen MR) is 100 cm³/mol. The van der Waals surface area contributed by atoms with E-state index >= 15 is 0 Å². The molecule has 0 atom stereocenters. The zero-order valence-electron chi connectivity index (χ0n) is 16.5. The molecule has 2 saturated heterocycles. The van der Waals surface area contributed by atoms with Gasteiger partial charge in [0.05, 0.1) is 0 Å². The summed E-state index contributed by atoms with van der Waals surface area (Å²) in [7, 11) is 0. The van der Waals surface area contributed by atoms with Gasteiger partial charge in [0.15, 0.2) is 12.5 Å². The second kappa shape index (κ2) is 9.82. The maximum absolute atomic E-state index is 12.1. The van der Waals surface area contributed by atoms with Gasteiger partial charge in [-0.3, -0.25) is 14.5 Å². The summed E-state index contributed by atoms with van der Waals surface area (Å²) in [5, 5.41) is 7.31. The molecular formula is C19H34N4O4. The number of hydrazine groups is 1. The normalized spacial score (nSPS) is 25.1. The van der Waals surface area contributed by atoms with Crippen LogP contribution in [-0.2, 0) is 19.1 Å². The highest BCUT2D eigenvalue weighted by Crippen LogP contribution is 2.35. The Morgan fingerprint density at radius 1 is 1.15 bits per heavy atom. The van der Waals surface area contributed by atoms with Crippen molar-refractivity contribution < 1.29 is 19.1 Å². The molecule has 3 aliphatic rings. The predicted octanol–water partition coefficient (Wildman–Crippen LogP) is 0.927. The number of hydrogen-bond acceptors (Lipinski definition) is 7. The first-order valence-electron chi connectivity index (χ1n) is 10.4. The topological polar surface area (TPSA) is 74.4 Å². The summed E-state index contributed by atoms with van der Waals surface area (Å²) in [4.78, 5) is 25.7. The van der Waals surface area contributed by atoms with Gasteiger partial charge in [-0.05, 0) is 51.6 Å². The lowest BCUT2D eigenvalue weighted by molar-refractivity contribution is -0.265. The van der Waals surface area contributed by atoms with E-state index in [9.17, 15) is 9.59 Å². The fourth-order valence-corrected chi connectivity index (χ4v) is 4.65. The molecule has 0 spiro atoms. The van der Waals surface area contributed by atoms with Crippen LogP contribution >= 0.6 is 0 Å². The van der Waals surface area contributed by atoms with Crippen LogP contribution in [0.5, 0.6) is 0 Å². The Kier molecular flexibility index (Phi) is 7.46. The minimum Gasteiger partial charge on any atom is -0.439 e. The summed E-state index contributed by atoms with van der Waals surface area (Å²) in [6.45, 7) is 7.03. The van der Waals surface area contributed by atoms with Gasteiger partial charge < -0.3 is 14.8 Å². The van der Waals surface area contributed by atoms with Crippen LogP contribution < -0.4 is 5.32 Å². The summed E-state index contributed by atoms with van der Waals surface area (Å²) in [6.07, 6.45) is 8.04. The van der Waals surface area contributed by atoms with Crippen molar-refractivity contribution in [2.75, 3.05) is 46.1 Å². The first-order valence-corrected chi connectivity index (χ1v) is 10.4. The minimum atomic E-state index is -0.688. The van der Waals surface area contributed by atoms with Crippen molar-refractivity contribution in [3.8, 4) is 0 Å². The summed E-state index contributed by atoms with van der Waals surface area (Å²) >= 11 is 0. The Balaban J connectivity index is 1.61. The summed E-state index contributed by atoms with van der Waals surface area (Å²) in [5.41, 5.74) is -0.688. The summed E-state index contributed by atoms with van der Waals surface area (Å²) in [5.74, 6) is -0.366. The Hall–Kier alpha value is -1.22. The smallest absolute Gasteiger partial charge is 0.304 e. The van der Waals surface area contributed by atoms with Gasteiger partial charge in [0.1, 0.15) is 0 Å².